The minimum atomic E-state index is -1.40. The van der Waals surface area contributed by atoms with Gasteiger partial charge in [0, 0.05) is 22.7 Å². The number of halogens is 1. The fourth-order valence-corrected chi connectivity index (χ4v) is 10.3. The van der Waals surface area contributed by atoms with E-state index in [1.54, 1.807) is 6.08 Å². The Morgan fingerprint density at radius 1 is 1.06 bits per heavy atom. The number of ketones is 1. The largest absolute Gasteiger partial charge is 0.454 e. The molecule has 1 aliphatic heterocycles. The molecule has 1 saturated heterocycles. The predicted molar refractivity (Wildman–Crippen MR) is 130 cm³/mol. The molecule has 1 spiro atoms. The molecule has 6 aliphatic rings. The average Bonchev–Trinajstić information content (AvgIpc) is 2.98. The summed E-state index contributed by atoms with van der Waals surface area (Å²) in [6, 6.07) is 2.13. The van der Waals surface area contributed by atoms with Crippen LogP contribution in [0.25, 0.3) is 0 Å². The lowest BCUT2D eigenvalue weighted by Crippen LogP contribution is -2.71. The zero-order valence-electron chi connectivity index (χ0n) is 22.0. The molecule has 0 radical (unpaired) electrons. The topological polar surface area (TPSA) is 67.2 Å². The molecule has 5 heteroatoms. The van der Waals surface area contributed by atoms with Crippen LogP contribution in [-0.2, 0) is 14.3 Å². The summed E-state index contributed by atoms with van der Waals surface area (Å²) in [6.45, 7) is 13.0. The van der Waals surface area contributed by atoms with Crippen LogP contribution in [0.2, 0.25) is 0 Å². The van der Waals surface area contributed by atoms with Crippen molar-refractivity contribution >= 4 is 11.8 Å². The van der Waals surface area contributed by atoms with Crippen molar-refractivity contribution in [2.75, 3.05) is 0 Å². The van der Waals surface area contributed by atoms with Crippen LogP contribution in [0.3, 0.4) is 0 Å². The van der Waals surface area contributed by atoms with Gasteiger partial charge in [0.05, 0.1) is 11.0 Å². The van der Waals surface area contributed by atoms with Gasteiger partial charge in [-0.1, -0.05) is 53.2 Å². The highest BCUT2D eigenvalue weighted by Gasteiger charge is 2.82. The van der Waals surface area contributed by atoms with E-state index in [1.807, 2.05) is 13.0 Å². The Labute approximate surface area is 208 Å². The van der Waals surface area contributed by atoms with Crippen molar-refractivity contribution in [2.24, 2.45) is 44.8 Å². The van der Waals surface area contributed by atoms with Gasteiger partial charge in [0.25, 0.3) is 0 Å². The second-order valence-electron chi connectivity index (χ2n) is 14.2. The van der Waals surface area contributed by atoms with Crippen LogP contribution in [0, 0.1) is 56.2 Å². The zero-order chi connectivity index (χ0) is 25.4. The van der Waals surface area contributed by atoms with Gasteiger partial charge < -0.3 is 4.74 Å². The average molecular weight is 480 g/mol. The van der Waals surface area contributed by atoms with Crippen LogP contribution >= 0.6 is 0 Å². The maximum Gasteiger partial charge on any atom is 0.313 e. The van der Waals surface area contributed by atoms with Crippen molar-refractivity contribution in [3.05, 3.63) is 23.3 Å². The van der Waals surface area contributed by atoms with Gasteiger partial charge in [-0.3, -0.25) is 9.59 Å². The van der Waals surface area contributed by atoms with E-state index in [-0.39, 0.29) is 40.5 Å². The molecule has 0 aromatic heterocycles. The number of hydrogen-bond acceptors (Lipinski definition) is 4. The molecule has 4 nitrogen and oxygen atoms in total. The Morgan fingerprint density at radius 3 is 2.43 bits per heavy atom. The number of rotatable bonds is 0. The number of esters is 1. The second kappa shape index (κ2) is 6.48. The van der Waals surface area contributed by atoms with Gasteiger partial charge in [0.2, 0.25) is 0 Å². The summed E-state index contributed by atoms with van der Waals surface area (Å²) in [5.41, 5.74) is -1.96. The summed E-state index contributed by atoms with van der Waals surface area (Å²) in [5.74, 6) is -0.621. The van der Waals surface area contributed by atoms with Crippen LogP contribution < -0.4 is 0 Å². The van der Waals surface area contributed by atoms with E-state index in [4.69, 9.17) is 4.74 Å². The number of allylic oxidation sites excluding steroid dienone is 3. The van der Waals surface area contributed by atoms with Crippen LogP contribution in [-0.4, -0.2) is 23.5 Å². The summed E-state index contributed by atoms with van der Waals surface area (Å²) >= 11 is 0. The third-order valence-corrected chi connectivity index (χ3v) is 12.5. The first-order chi connectivity index (χ1) is 16.2. The normalized spacial score (nSPS) is 53.7. The van der Waals surface area contributed by atoms with E-state index in [1.165, 1.54) is 0 Å². The molecular formula is C30H38FNO3. The number of nitrogens with zero attached hydrogens (tertiary/aromatic N) is 1. The minimum absolute atomic E-state index is 0.0405. The third-order valence-electron chi connectivity index (χ3n) is 12.5. The number of hydrogen-bond donors (Lipinski definition) is 0. The lowest BCUT2D eigenvalue weighted by Gasteiger charge is -2.69. The number of alkyl halides is 1. The Balaban J connectivity index is 1.58. The summed E-state index contributed by atoms with van der Waals surface area (Å²) in [5, 5.41) is 9.74. The molecule has 4 fully saturated rings. The smallest absolute Gasteiger partial charge is 0.313 e. The summed E-state index contributed by atoms with van der Waals surface area (Å²) in [6.07, 6.45) is 7.96. The maximum atomic E-state index is 17.0. The molecule has 3 saturated carbocycles. The van der Waals surface area contributed by atoms with Crippen LogP contribution in [0.4, 0.5) is 4.39 Å². The van der Waals surface area contributed by atoms with Crippen molar-refractivity contribution in [1.29, 1.82) is 5.26 Å². The highest BCUT2D eigenvalue weighted by molar-refractivity contribution is 6.02. The Hall–Kier alpha value is -1.96. The highest BCUT2D eigenvalue weighted by Crippen LogP contribution is 2.79. The SMILES string of the molecule is C[C@@H]1C(=O)C(C#N)=C[C@]2(C)C3=CC(F)[C@]45OC(=O)[C@@]6(CCC(C)(C)C[C@H]64)CC[C@@]5(C)[C@]3(C)CC[C@@H]12. The number of carbonyl (C=O) groups excluding carboxylic acids is 2. The van der Waals surface area contributed by atoms with Crippen molar-refractivity contribution in [3.8, 4) is 6.07 Å². The first-order valence-electron chi connectivity index (χ1n) is 13.5. The van der Waals surface area contributed by atoms with E-state index < -0.39 is 33.4 Å². The van der Waals surface area contributed by atoms with Gasteiger partial charge in [-0.25, -0.2) is 4.39 Å². The fourth-order valence-electron chi connectivity index (χ4n) is 10.3. The maximum absolute atomic E-state index is 17.0. The molecule has 9 atom stereocenters. The van der Waals surface area contributed by atoms with Gasteiger partial charge in [0.15, 0.2) is 17.6 Å². The van der Waals surface area contributed by atoms with Crippen molar-refractivity contribution < 1.29 is 18.7 Å². The lowest BCUT2D eigenvalue weighted by atomic mass is 9.34. The molecule has 35 heavy (non-hydrogen) atoms. The number of ether oxygens (including phenoxy) is 1. The van der Waals surface area contributed by atoms with E-state index in [9.17, 15) is 14.9 Å². The number of fused-ring (bicyclic) bond motifs is 4. The van der Waals surface area contributed by atoms with Crippen molar-refractivity contribution in [3.63, 3.8) is 0 Å². The third kappa shape index (κ3) is 2.34. The van der Waals surface area contributed by atoms with Crippen LogP contribution in [0.5, 0.6) is 0 Å². The zero-order valence-corrected chi connectivity index (χ0v) is 22.0. The van der Waals surface area contributed by atoms with Gasteiger partial charge in [-0.15, -0.1) is 0 Å². The van der Waals surface area contributed by atoms with Gasteiger partial charge >= 0.3 is 5.97 Å². The van der Waals surface area contributed by atoms with Gasteiger partial charge in [0.1, 0.15) is 6.07 Å². The van der Waals surface area contributed by atoms with E-state index in [0.717, 1.165) is 50.5 Å². The number of nitriles is 1. The van der Waals surface area contributed by atoms with Crippen molar-refractivity contribution in [2.45, 2.75) is 98.3 Å². The summed E-state index contributed by atoms with van der Waals surface area (Å²) < 4.78 is 23.4. The molecule has 5 aliphatic carbocycles. The molecule has 188 valence electrons. The Bertz CT molecular complexity index is 1160. The van der Waals surface area contributed by atoms with E-state index >= 15 is 4.39 Å². The summed E-state index contributed by atoms with van der Waals surface area (Å²) in [7, 11) is 0. The Kier molecular flexibility index (Phi) is 4.34. The molecule has 0 amide bonds. The molecule has 6 rings (SSSR count). The molecule has 2 bridgehead atoms. The molecule has 1 unspecified atom stereocenters. The fraction of sp³-hybridized carbons (Fsp3) is 0.767. The minimum Gasteiger partial charge on any atom is -0.454 e. The predicted octanol–water partition coefficient (Wildman–Crippen LogP) is 6.26. The standard InChI is InChI=1S/C30H38FNO3/c1-17-19-7-8-27(5)20(26(19,4)14-18(16-32)23(17)33)13-22(31)30-21-15-25(2,3)9-11-29(21,24(34)35-30)12-10-28(27,30)6/h13-14,17,19,21-22H,7-12,15H2,1-6H3/t17-,19-,21+,22?,26-,27+,28-,29-,30+/m0/s1. The van der Waals surface area contributed by atoms with Crippen molar-refractivity contribution in [1.82, 2.24) is 0 Å². The molecule has 0 N–H and O–H groups in total. The monoisotopic (exact) mass is 479 g/mol. The van der Waals surface area contributed by atoms with E-state index in [0.29, 0.717) is 0 Å². The van der Waals surface area contributed by atoms with E-state index in [2.05, 4.69) is 40.7 Å². The lowest BCUT2D eigenvalue weighted by molar-refractivity contribution is -0.229. The van der Waals surface area contributed by atoms with Crippen LogP contribution in [0.1, 0.15) is 86.5 Å². The molecule has 0 aromatic rings. The summed E-state index contributed by atoms with van der Waals surface area (Å²) in [4.78, 5) is 26.4. The first kappa shape index (κ1) is 23.4. The Morgan fingerprint density at radius 2 is 1.74 bits per heavy atom. The molecular weight excluding hydrogens is 441 g/mol. The second-order valence-corrected chi connectivity index (χ2v) is 14.2. The van der Waals surface area contributed by atoms with Crippen LogP contribution in [0.15, 0.2) is 23.3 Å². The molecule has 1 heterocycles. The van der Waals surface area contributed by atoms with Gasteiger partial charge in [-0.2, -0.15) is 5.26 Å². The van der Waals surface area contributed by atoms with Gasteiger partial charge in [-0.05, 0) is 67.8 Å². The number of Topliss-reactive ketones (excluding diaryl/α,β-unsaturated/α-hetero) is 1. The number of carbonyl (C=O) groups is 2. The molecule has 0 aromatic carbocycles. The highest BCUT2D eigenvalue weighted by atomic mass is 19.1. The first-order valence-corrected chi connectivity index (χ1v) is 13.5. The quantitative estimate of drug-likeness (QED) is 0.304.